The SMILES string of the molecule is CCN1Cc2c(c(OC(C)C)nn2C[C@H](C)O)/C=C/c2cnc3ncc(cn23)-c2c(COC)nn(C)c2O[C@@H](C)C1. The van der Waals surface area contributed by atoms with Crippen LogP contribution in [0.25, 0.3) is 29.1 Å². The first-order chi connectivity index (χ1) is 19.7. The van der Waals surface area contributed by atoms with Gasteiger partial charge in [-0.3, -0.25) is 14.0 Å². The topological polar surface area (TPSA) is 117 Å². The quantitative estimate of drug-likeness (QED) is 0.360. The molecule has 41 heavy (non-hydrogen) atoms. The lowest BCUT2D eigenvalue weighted by Gasteiger charge is -2.26. The highest BCUT2D eigenvalue weighted by Crippen LogP contribution is 2.35. The number of rotatable bonds is 7. The zero-order valence-electron chi connectivity index (χ0n) is 24.9. The Morgan fingerprint density at radius 1 is 1.15 bits per heavy atom. The molecule has 0 spiro atoms. The van der Waals surface area contributed by atoms with Gasteiger partial charge in [0.05, 0.1) is 54.1 Å². The number of likely N-dealkylation sites (N-methyl/N-ethyl adjacent to an activating group) is 1. The van der Waals surface area contributed by atoms with Crippen LogP contribution in [0.15, 0.2) is 18.6 Å². The molecular weight excluding hydrogens is 524 g/mol. The number of ether oxygens (including phenoxy) is 3. The van der Waals surface area contributed by atoms with Gasteiger partial charge in [-0.2, -0.15) is 5.10 Å². The van der Waals surface area contributed by atoms with Crippen LogP contribution in [0.3, 0.4) is 0 Å². The second kappa shape index (κ2) is 12.0. The molecule has 0 saturated carbocycles. The van der Waals surface area contributed by atoms with Gasteiger partial charge in [0.15, 0.2) is 0 Å². The van der Waals surface area contributed by atoms with Gasteiger partial charge in [0.25, 0.3) is 0 Å². The summed E-state index contributed by atoms with van der Waals surface area (Å²) in [6, 6.07) is 0. The molecule has 5 heterocycles. The molecule has 220 valence electrons. The van der Waals surface area contributed by atoms with Gasteiger partial charge in [-0.05, 0) is 46.4 Å². The highest BCUT2D eigenvalue weighted by molar-refractivity contribution is 5.74. The third-order valence-electron chi connectivity index (χ3n) is 6.95. The number of aryl methyl sites for hydroxylation is 1. The van der Waals surface area contributed by atoms with Gasteiger partial charge in [0.1, 0.15) is 11.8 Å². The highest BCUT2D eigenvalue weighted by atomic mass is 16.5. The van der Waals surface area contributed by atoms with Crippen LogP contribution in [-0.2, 0) is 31.5 Å². The van der Waals surface area contributed by atoms with E-state index in [0.29, 0.717) is 43.8 Å². The van der Waals surface area contributed by atoms with E-state index in [2.05, 4.69) is 28.7 Å². The van der Waals surface area contributed by atoms with E-state index < -0.39 is 6.10 Å². The van der Waals surface area contributed by atoms with Crippen molar-refractivity contribution in [1.82, 2.24) is 38.8 Å². The van der Waals surface area contributed by atoms with Crippen LogP contribution in [0, 0.1) is 0 Å². The monoisotopic (exact) mass is 564 g/mol. The summed E-state index contributed by atoms with van der Waals surface area (Å²) in [5.41, 5.74) is 5.14. The largest absolute Gasteiger partial charge is 0.473 e. The van der Waals surface area contributed by atoms with E-state index in [9.17, 15) is 5.11 Å². The fraction of sp³-hybridized carbons (Fsp3) is 0.517. The van der Waals surface area contributed by atoms with E-state index in [1.54, 1.807) is 31.1 Å². The second-order valence-electron chi connectivity index (χ2n) is 10.8. The summed E-state index contributed by atoms with van der Waals surface area (Å²) in [7, 11) is 3.54. The number of aromatic nitrogens is 7. The Hall–Kier alpha value is -3.74. The smallest absolute Gasteiger partial charge is 0.240 e. The number of aliphatic hydroxyl groups is 1. The van der Waals surface area contributed by atoms with Gasteiger partial charge >= 0.3 is 0 Å². The highest BCUT2D eigenvalue weighted by Gasteiger charge is 2.26. The molecular formula is C29H40N8O4. The van der Waals surface area contributed by atoms with E-state index >= 15 is 0 Å². The summed E-state index contributed by atoms with van der Waals surface area (Å²) < 4.78 is 23.8. The molecule has 4 aromatic rings. The minimum absolute atomic E-state index is 0.0642. The maximum Gasteiger partial charge on any atom is 0.240 e. The van der Waals surface area contributed by atoms with Crippen LogP contribution in [0.4, 0.5) is 0 Å². The van der Waals surface area contributed by atoms with Crippen LogP contribution in [0.1, 0.15) is 57.3 Å². The molecule has 0 fully saturated rings. The molecule has 0 radical (unpaired) electrons. The molecule has 2 atom stereocenters. The number of nitrogens with zero attached hydrogens (tertiary/aromatic N) is 8. The van der Waals surface area contributed by atoms with Gasteiger partial charge in [-0.25, -0.2) is 14.6 Å². The first kappa shape index (κ1) is 28.8. The van der Waals surface area contributed by atoms with Crippen LogP contribution < -0.4 is 9.47 Å². The predicted molar refractivity (Wildman–Crippen MR) is 156 cm³/mol. The number of fused-ring (bicyclic) bond motifs is 4. The molecule has 12 heteroatoms. The molecule has 1 N–H and O–H groups in total. The Bertz CT molecular complexity index is 1530. The second-order valence-corrected chi connectivity index (χ2v) is 10.8. The number of hydrogen-bond acceptors (Lipinski definition) is 9. The normalized spacial score (nSPS) is 17.6. The molecule has 1 aliphatic rings. The lowest BCUT2D eigenvalue weighted by Crippen LogP contribution is -2.35. The Morgan fingerprint density at radius 2 is 1.93 bits per heavy atom. The van der Waals surface area contributed by atoms with Crippen molar-refractivity contribution in [3.8, 4) is 22.9 Å². The first-order valence-corrected chi connectivity index (χ1v) is 14.1. The van der Waals surface area contributed by atoms with E-state index in [-0.39, 0.29) is 12.2 Å². The van der Waals surface area contributed by atoms with Gasteiger partial charge in [0, 0.05) is 45.2 Å². The molecule has 0 saturated heterocycles. The lowest BCUT2D eigenvalue weighted by molar-refractivity contribution is 0.131. The van der Waals surface area contributed by atoms with Crippen molar-refractivity contribution in [2.45, 2.75) is 72.6 Å². The average molecular weight is 565 g/mol. The zero-order valence-corrected chi connectivity index (χ0v) is 24.9. The Morgan fingerprint density at radius 3 is 2.63 bits per heavy atom. The van der Waals surface area contributed by atoms with Crippen molar-refractivity contribution in [3.63, 3.8) is 0 Å². The first-order valence-electron chi connectivity index (χ1n) is 14.1. The fourth-order valence-electron chi connectivity index (χ4n) is 5.18. The van der Waals surface area contributed by atoms with E-state index in [1.165, 1.54) is 0 Å². The molecule has 0 amide bonds. The molecule has 4 aromatic heterocycles. The van der Waals surface area contributed by atoms with Crippen LogP contribution in [-0.4, -0.2) is 82.4 Å². The summed E-state index contributed by atoms with van der Waals surface area (Å²) in [6.45, 7) is 12.6. The van der Waals surface area contributed by atoms with E-state index in [0.717, 1.165) is 40.3 Å². The van der Waals surface area contributed by atoms with Crippen molar-refractivity contribution in [1.29, 1.82) is 0 Å². The van der Waals surface area contributed by atoms with Crippen LogP contribution >= 0.6 is 0 Å². The fourth-order valence-corrected chi connectivity index (χ4v) is 5.18. The molecule has 5 rings (SSSR count). The van der Waals surface area contributed by atoms with Crippen molar-refractivity contribution < 1.29 is 19.3 Å². The standard InChI is InChI=1S/C29H40N8O4/c1-8-35-14-20(5)41-28-26(24(17-39-7)32-34(28)6)21-11-30-29-31-12-22(36(29)15-21)9-10-23-25(16-35)37(13-19(4)38)33-27(23)40-18(2)3/h9-12,15,18-20,38H,8,13-14,16-17H2,1-7H3/b10-9+/t19-,20-/m0/s1. The van der Waals surface area contributed by atoms with E-state index in [1.807, 2.05) is 48.3 Å². The van der Waals surface area contributed by atoms with Crippen molar-refractivity contribution in [3.05, 3.63) is 41.2 Å². The Kier molecular flexibility index (Phi) is 8.43. The molecule has 0 aliphatic carbocycles. The van der Waals surface area contributed by atoms with Gasteiger partial charge in [0.2, 0.25) is 17.5 Å². The maximum atomic E-state index is 10.3. The summed E-state index contributed by atoms with van der Waals surface area (Å²) in [5.74, 6) is 1.76. The minimum atomic E-state index is -0.573. The summed E-state index contributed by atoms with van der Waals surface area (Å²) >= 11 is 0. The van der Waals surface area contributed by atoms with Crippen molar-refractivity contribution in [2.24, 2.45) is 7.05 Å². The zero-order chi connectivity index (χ0) is 29.3. The lowest BCUT2D eigenvalue weighted by atomic mass is 10.1. The minimum Gasteiger partial charge on any atom is -0.473 e. The number of methoxy groups -OCH3 is 1. The van der Waals surface area contributed by atoms with Crippen molar-refractivity contribution >= 4 is 17.9 Å². The number of aliphatic hydroxyl groups excluding tert-OH is 1. The number of imidazole rings is 1. The van der Waals surface area contributed by atoms with Crippen LogP contribution in [0.5, 0.6) is 11.8 Å². The summed E-state index contributed by atoms with van der Waals surface area (Å²) in [6.07, 6.45) is 8.82. The van der Waals surface area contributed by atoms with Crippen LogP contribution in [0.2, 0.25) is 0 Å². The molecule has 0 unspecified atom stereocenters. The third-order valence-corrected chi connectivity index (χ3v) is 6.95. The number of hydrogen-bond donors (Lipinski definition) is 1. The molecule has 12 nitrogen and oxygen atoms in total. The summed E-state index contributed by atoms with van der Waals surface area (Å²) in [4.78, 5) is 11.5. The van der Waals surface area contributed by atoms with Gasteiger partial charge in [-0.15, -0.1) is 5.10 Å². The maximum absolute atomic E-state index is 10.3. The summed E-state index contributed by atoms with van der Waals surface area (Å²) in [5, 5.41) is 19.8. The molecule has 0 aromatic carbocycles. The van der Waals surface area contributed by atoms with Gasteiger partial charge < -0.3 is 19.3 Å². The van der Waals surface area contributed by atoms with Gasteiger partial charge in [-0.1, -0.05) is 6.92 Å². The molecule has 1 aliphatic heterocycles. The Balaban J connectivity index is 1.72. The molecule has 2 bridgehead atoms. The third kappa shape index (κ3) is 5.99. The van der Waals surface area contributed by atoms with Crippen molar-refractivity contribution in [2.75, 3.05) is 20.2 Å². The average Bonchev–Trinajstić information content (AvgIpc) is 3.54. The Labute approximate surface area is 240 Å². The van der Waals surface area contributed by atoms with E-state index in [4.69, 9.17) is 24.4 Å². The predicted octanol–water partition coefficient (Wildman–Crippen LogP) is 3.41.